The molecule has 0 aliphatic carbocycles. The molecule has 5 nitrogen and oxygen atoms in total. The first-order valence-electron chi connectivity index (χ1n) is 7.40. The highest BCUT2D eigenvalue weighted by Gasteiger charge is 2.42. The maximum absolute atomic E-state index is 12.5. The second kappa shape index (κ2) is 5.24. The van der Waals surface area contributed by atoms with Gasteiger partial charge in [0.2, 0.25) is 0 Å². The van der Waals surface area contributed by atoms with E-state index in [1.54, 1.807) is 24.3 Å². The molecule has 1 aromatic rings. The van der Waals surface area contributed by atoms with Crippen molar-refractivity contribution in [1.29, 1.82) is 0 Å². The smallest absolute Gasteiger partial charge is 0.261 e. The summed E-state index contributed by atoms with van der Waals surface area (Å²) >= 11 is 0. The molecule has 5 heteroatoms. The number of amides is 2. The van der Waals surface area contributed by atoms with E-state index in [0.717, 1.165) is 25.9 Å². The van der Waals surface area contributed by atoms with Crippen LogP contribution >= 0.6 is 0 Å². The molecule has 1 saturated heterocycles. The molecule has 0 aromatic heterocycles. The highest BCUT2D eigenvalue weighted by atomic mass is 16.2. The molecule has 2 aliphatic heterocycles. The normalized spacial score (nSPS) is 21.7. The van der Waals surface area contributed by atoms with Gasteiger partial charge in [0.05, 0.1) is 11.1 Å². The lowest BCUT2D eigenvalue weighted by atomic mass is 9.78. The average molecular weight is 287 g/mol. The molecular weight excluding hydrogens is 266 g/mol. The van der Waals surface area contributed by atoms with Crippen LogP contribution in [0.3, 0.4) is 0 Å². The Labute approximate surface area is 124 Å². The third kappa shape index (κ3) is 2.36. The summed E-state index contributed by atoms with van der Waals surface area (Å²) in [5, 5.41) is 0. The van der Waals surface area contributed by atoms with Gasteiger partial charge in [-0.15, -0.1) is 0 Å². The maximum Gasteiger partial charge on any atom is 0.261 e. The van der Waals surface area contributed by atoms with Gasteiger partial charge < -0.3 is 10.6 Å². The van der Waals surface area contributed by atoms with E-state index < -0.39 is 0 Å². The lowest BCUT2D eigenvalue weighted by molar-refractivity contribution is 0.0473. The van der Waals surface area contributed by atoms with Crippen LogP contribution in [0.15, 0.2) is 24.3 Å². The Kier molecular flexibility index (Phi) is 3.55. The molecule has 2 aliphatic rings. The number of piperidine rings is 1. The zero-order chi connectivity index (χ0) is 15.0. The van der Waals surface area contributed by atoms with Crippen molar-refractivity contribution < 1.29 is 9.59 Å². The SMILES string of the molecule is CN1CCC(CN)(CN2C(=O)c3ccccc3C2=O)CC1. The number of carbonyl (C=O) groups excluding carboxylic acids is 2. The number of nitrogens with zero attached hydrogens (tertiary/aromatic N) is 2. The predicted molar refractivity (Wildman–Crippen MR) is 80.0 cm³/mol. The van der Waals surface area contributed by atoms with Crippen molar-refractivity contribution in [3.8, 4) is 0 Å². The maximum atomic E-state index is 12.5. The quantitative estimate of drug-likeness (QED) is 0.841. The summed E-state index contributed by atoms with van der Waals surface area (Å²) in [5.74, 6) is -0.357. The summed E-state index contributed by atoms with van der Waals surface area (Å²) in [5.41, 5.74) is 6.88. The van der Waals surface area contributed by atoms with Gasteiger partial charge in [-0.1, -0.05) is 12.1 Å². The van der Waals surface area contributed by atoms with Gasteiger partial charge in [-0.3, -0.25) is 14.5 Å². The number of hydrogen-bond donors (Lipinski definition) is 1. The predicted octanol–water partition coefficient (Wildman–Crippen LogP) is 0.953. The average Bonchev–Trinajstić information content (AvgIpc) is 2.75. The largest absolute Gasteiger partial charge is 0.330 e. The fraction of sp³-hybridized carbons (Fsp3) is 0.500. The molecule has 0 atom stereocenters. The first-order valence-corrected chi connectivity index (χ1v) is 7.40. The molecule has 0 spiro atoms. The molecule has 0 saturated carbocycles. The molecule has 0 unspecified atom stereocenters. The minimum absolute atomic E-state index is 0.139. The lowest BCUT2D eigenvalue weighted by Gasteiger charge is -2.41. The van der Waals surface area contributed by atoms with Gasteiger partial charge in [0, 0.05) is 12.0 Å². The molecule has 112 valence electrons. The summed E-state index contributed by atoms with van der Waals surface area (Å²) in [4.78, 5) is 28.6. The Morgan fingerprint density at radius 1 is 1.10 bits per heavy atom. The van der Waals surface area contributed by atoms with Gasteiger partial charge in [0.25, 0.3) is 11.8 Å². The van der Waals surface area contributed by atoms with Crippen LogP contribution in [0.1, 0.15) is 33.6 Å². The van der Waals surface area contributed by atoms with Crippen molar-refractivity contribution in [2.24, 2.45) is 11.1 Å². The van der Waals surface area contributed by atoms with Crippen molar-refractivity contribution in [2.75, 3.05) is 33.2 Å². The molecule has 1 aromatic carbocycles. The highest BCUT2D eigenvalue weighted by Crippen LogP contribution is 2.34. The monoisotopic (exact) mass is 287 g/mol. The number of carbonyl (C=O) groups is 2. The third-order valence-electron chi connectivity index (χ3n) is 4.85. The molecular formula is C16H21N3O2. The number of likely N-dealkylation sites (tertiary alicyclic amines) is 1. The number of nitrogens with two attached hydrogens (primary N) is 1. The summed E-state index contributed by atoms with van der Waals surface area (Å²) in [6.07, 6.45) is 1.85. The topological polar surface area (TPSA) is 66.6 Å². The van der Waals surface area contributed by atoms with Crippen LogP contribution in [0.4, 0.5) is 0 Å². The third-order valence-corrected chi connectivity index (χ3v) is 4.85. The standard InChI is InChI=1S/C16H21N3O2/c1-18-8-6-16(10-17,7-9-18)11-19-14(20)12-4-2-3-5-13(12)15(19)21/h2-5H,6-11,17H2,1H3. The Bertz CT molecular complexity index is 542. The second-order valence-electron chi connectivity index (χ2n) is 6.25. The Hall–Kier alpha value is -1.72. The van der Waals surface area contributed by atoms with E-state index in [1.165, 1.54) is 4.90 Å². The zero-order valence-electron chi connectivity index (χ0n) is 12.3. The number of benzene rings is 1. The van der Waals surface area contributed by atoms with Crippen LogP contribution in [-0.2, 0) is 0 Å². The van der Waals surface area contributed by atoms with Crippen molar-refractivity contribution in [3.05, 3.63) is 35.4 Å². The van der Waals surface area contributed by atoms with E-state index in [2.05, 4.69) is 11.9 Å². The van der Waals surface area contributed by atoms with Gasteiger partial charge >= 0.3 is 0 Å². The van der Waals surface area contributed by atoms with Crippen LogP contribution in [0, 0.1) is 5.41 Å². The molecule has 3 rings (SSSR count). The van der Waals surface area contributed by atoms with E-state index >= 15 is 0 Å². The number of fused-ring (bicyclic) bond motifs is 1. The number of imide groups is 1. The van der Waals surface area contributed by atoms with Gasteiger partial charge in [-0.25, -0.2) is 0 Å². The summed E-state index contributed by atoms with van der Waals surface area (Å²) < 4.78 is 0. The fourth-order valence-electron chi connectivity index (χ4n) is 3.24. The second-order valence-corrected chi connectivity index (χ2v) is 6.25. The van der Waals surface area contributed by atoms with Crippen LogP contribution < -0.4 is 5.73 Å². The van der Waals surface area contributed by atoms with Gasteiger partial charge in [-0.05, 0) is 51.7 Å². The van der Waals surface area contributed by atoms with Crippen LogP contribution in [-0.4, -0.2) is 54.8 Å². The van der Waals surface area contributed by atoms with E-state index in [1.807, 2.05) is 0 Å². The summed E-state index contributed by atoms with van der Waals surface area (Å²) in [6, 6.07) is 7.03. The molecule has 2 heterocycles. The van der Waals surface area contributed by atoms with Crippen molar-refractivity contribution in [1.82, 2.24) is 9.80 Å². The van der Waals surface area contributed by atoms with E-state index in [0.29, 0.717) is 24.2 Å². The van der Waals surface area contributed by atoms with Crippen molar-refractivity contribution >= 4 is 11.8 Å². The zero-order valence-corrected chi connectivity index (χ0v) is 12.3. The number of rotatable bonds is 3. The van der Waals surface area contributed by atoms with Gasteiger partial charge in [0.1, 0.15) is 0 Å². The lowest BCUT2D eigenvalue weighted by Crippen LogP contribution is -2.50. The fourth-order valence-corrected chi connectivity index (χ4v) is 3.24. The van der Waals surface area contributed by atoms with Crippen molar-refractivity contribution in [3.63, 3.8) is 0 Å². The summed E-state index contributed by atoms with van der Waals surface area (Å²) in [6.45, 7) is 2.86. The minimum atomic E-state index is -0.178. The molecule has 0 radical (unpaired) electrons. The van der Waals surface area contributed by atoms with E-state index in [4.69, 9.17) is 5.73 Å². The van der Waals surface area contributed by atoms with Crippen LogP contribution in [0.2, 0.25) is 0 Å². The Morgan fingerprint density at radius 3 is 2.10 bits per heavy atom. The molecule has 21 heavy (non-hydrogen) atoms. The van der Waals surface area contributed by atoms with Crippen molar-refractivity contribution in [2.45, 2.75) is 12.8 Å². The Balaban J connectivity index is 1.83. The van der Waals surface area contributed by atoms with E-state index in [-0.39, 0.29) is 17.2 Å². The summed E-state index contributed by atoms with van der Waals surface area (Å²) in [7, 11) is 2.09. The molecule has 1 fully saturated rings. The van der Waals surface area contributed by atoms with E-state index in [9.17, 15) is 9.59 Å². The van der Waals surface area contributed by atoms with Gasteiger partial charge in [0.15, 0.2) is 0 Å². The molecule has 2 N–H and O–H groups in total. The molecule has 2 amide bonds. The van der Waals surface area contributed by atoms with Crippen LogP contribution in [0.5, 0.6) is 0 Å². The first-order chi connectivity index (χ1) is 10.1. The highest BCUT2D eigenvalue weighted by molar-refractivity contribution is 6.21. The van der Waals surface area contributed by atoms with Gasteiger partial charge in [-0.2, -0.15) is 0 Å². The molecule has 0 bridgehead atoms. The Morgan fingerprint density at radius 2 is 1.62 bits per heavy atom. The van der Waals surface area contributed by atoms with Crippen LogP contribution in [0.25, 0.3) is 0 Å². The number of hydrogen-bond acceptors (Lipinski definition) is 4. The minimum Gasteiger partial charge on any atom is -0.330 e. The first kappa shape index (κ1) is 14.2.